The molecule has 7 nitrogen and oxygen atoms in total. The standard InChI is InChI=1S/C21H27N3O4.ClH/c22-14-21(7-10-27-11-8-21)20(26)24-9-3-5-16(13-24)23-19(25)18-12-15-4-1-2-6-17(15)28-18;/h1-2,4,6,12,16H,3,5,7-11,13-14,22H2,(H,23,25);1H. The molecule has 8 heteroatoms. The Morgan fingerprint density at radius 1 is 1.24 bits per heavy atom. The average Bonchev–Trinajstić information content (AvgIpc) is 3.18. The number of carbonyl (C=O) groups is 2. The van der Waals surface area contributed by atoms with Gasteiger partial charge in [-0.3, -0.25) is 9.59 Å². The van der Waals surface area contributed by atoms with Gasteiger partial charge < -0.3 is 25.1 Å². The molecule has 2 aliphatic heterocycles. The van der Waals surface area contributed by atoms with Gasteiger partial charge in [-0.05, 0) is 37.8 Å². The highest BCUT2D eigenvalue weighted by molar-refractivity contribution is 5.96. The maximum atomic E-state index is 13.2. The minimum Gasteiger partial charge on any atom is -0.451 e. The molecule has 29 heavy (non-hydrogen) atoms. The van der Waals surface area contributed by atoms with Crippen molar-refractivity contribution >= 4 is 35.2 Å². The number of para-hydroxylation sites is 1. The molecule has 1 unspecified atom stereocenters. The van der Waals surface area contributed by atoms with Gasteiger partial charge in [0.05, 0.1) is 5.41 Å². The second kappa shape index (κ2) is 9.15. The molecule has 2 amide bonds. The first-order valence-electron chi connectivity index (χ1n) is 9.98. The number of hydrogen-bond acceptors (Lipinski definition) is 5. The number of rotatable bonds is 4. The number of nitrogens with two attached hydrogens (primary N) is 1. The van der Waals surface area contributed by atoms with E-state index in [4.69, 9.17) is 14.9 Å². The van der Waals surface area contributed by atoms with Crippen LogP contribution in [0.1, 0.15) is 36.2 Å². The van der Waals surface area contributed by atoms with Crippen LogP contribution < -0.4 is 11.1 Å². The molecule has 0 aliphatic carbocycles. The summed E-state index contributed by atoms with van der Waals surface area (Å²) in [6.07, 6.45) is 3.02. The van der Waals surface area contributed by atoms with Gasteiger partial charge in [0.25, 0.3) is 5.91 Å². The Morgan fingerprint density at radius 2 is 2.00 bits per heavy atom. The van der Waals surface area contributed by atoms with Gasteiger partial charge in [0.1, 0.15) is 5.58 Å². The minimum absolute atomic E-state index is 0. The second-order valence-electron chi connectivity index (χ2n) is 7.81. The van der Waals surface area contributed by atoms with Gasteiger partial charge in [-0.1, -0.05) is 18.2 Å². The average molecular weight is 422 g/mol. The number of likely N-dealkylation sites (tertiary alicyclic amines) is 1. The molecule has 1 atom stereocenters. The molecule has 0 spiro atoms. The van der Waals surface area contributed by atoms with Crippen LogP contribution in [0.3, 0.4) is 0 Å². The molecule has 3 N–H and O–H groups in total. The van der Waals surface area contributed by atoms with E-state index in [1.165, 1.54) is 0 Å². The van der Waals surface area contributed by atoms with Crippen LogP contribution in [-0.4, -0.2) is 55.6 Å². The van der Waals surface area contributed by atoms with Crippen LogP contribution in [-0.2, 0) is 9.53 Å². The third-order valence-corrected chi connectivity index (χ3v) is 5.99. The fraction of sp³-hybridized carbons (Fsp3) is 0.524. The highest BCUT2D eigenvalue weighted by Crippen LogP contribution is 2.32. The number of piperidine rings is 1. The second-order valence-corrected chi connectivity index (χ2v) is 7.81. The summed E-state index contributed by atoms with van der Waals surface area (Å²) in [6.45, 7) is 2.69. The fourth-order valence-electron chi connectivity index (χ4n) is 4.23. The highest BCUT2D eigenvalue weighted by Gasteiger charge is 2.42. The Labute approximate surface area is 176 Å². The number of benzene rings is 1. The van der Waals surface area contributed by atoms with Crippen LogP contribution in [0.5, 0.6) is 0 Å². The topological polar surface area (TPSA) is 97.8 Å². The maximum absolute atomic E-state index is 13.2. The van der Waals surface area contributed by atoms with Gasteiger partial charge in [-0.15, -0.1) is 12.4 Å². The van der Waals surface area contributed by atoms with E-state index in [1.807, 2.05) is 29.2 Å². The summed E-state index contributed by atoms with van der Waals surface area (Å²) in [4.78, 5) is 27.7. The monoisotopic (exact) mass is 421 g/mol. The van der Waals surface area contributed by atoms with Gasteiger partial charge in [-0.25, -0.2) is 0 Å². The first kappa shape index (κ1) is 21.6. The van der Waals surface area contributed by atoms with E-state index in [0.717, 1.165) is 18.2 Å². The molecule has 0 radical (unpaired) electrons. The van der Waals surface area contributed by atoms with Crippen molar-refractivity contribution in [2.24, 2.45) is 11.1 Å². The predicted octanol–water partition coefficient (Wildman–Crippen LogP) is 2.33. The van der Waals surface area contributed by atoms with E-state index in [2.05, 4.69) is 5.32 Å². The first-order chi connectivity index (χ1) is 13.6. The van der Waals surface area contributed by atoms with Crippen LogP contribution in [0.4, 0.5) is 0 Å². The zero-order valence-electron chi connectivity index (χ0n) is 16.4. The van der Waals surface area contributed by atoms with Gasteiger partial charge >= 0.3 is 0 Å². The van der Waals surface area contributed by atoms with Gasteiger partial charge in [0.15, 0.2) is 5.76 Å². The molecule has 4 rings (SSSR count). The summed E-state index contributed by atoms with van der Waals surface area (Å²) in [7, 11) is 0. The van der Waals surface area contributed by atoms with Crippen molar-refractivity contribution in [2.45, 2.75) is 31.7 Å². The van der Waals surface area contributed by atoms with E-state index < -0.39 is 5.41 Å². The van der Waals surface area contributed by atoms with E-state index in [1.54, 1.807) is 6.07 Å². The Bertz CT molecular complexity index is 829. The molecule has 158 valence electrons. The summed E-state index contributed by atoms with van der Waals surface area (Å²) >= 11 is 0. The number of halogens is 1. The lowest BCUT2D eigenvalue weighted by Gasteiger charge is -2.42. The number of fused-ring (bicyclic) bond motifs is 1. The number of amides is 2. The summed E-state index contributed by atoms with van der Waals surface area (Å²) in [5.41, 5.74) is 6.16. The molecule has 1 aromatic heterocycles. The number of nitrogens with one attached hydrogen (secondary N) is 1. The Hall–Kier alpha value is -2.09. The van der Waals surface area contributed by atoms with Crippen LogP contribution >= 0.6 is 12.4 Å². The van der Waals surface area contributed by atoms with E-state index in [-0.39, 0.29) is 30.3 Å². The van der Waals surface area contributed by atoms with Gasteiger partial charge in [0, 0.05) is 44.3 Å². The molecule has 2 saturated heterocycles. The number of hydrogen-bond donors (Lipinski definition) is 2. The SMILES string of the molecule is Cl.NCC1(C(=O)N2CCCC(NC(=O)c3cc4ccccc4o3)C2)CCOCC1. The van der Waals surface area contributed by atoms with Crippen LogP contribution in [0.2, 0.25) is 0 Å². The van der Waals surface area contributed by atoms with Gasteiger partial charge in [-0.2, -0.15) is 0 Å². The molecule has 0 bridgehead atoms. The van der Waals surface area contributed by atoms with Crippen molar-refractivity contribution < 1.29 is 18.7 Å². The molecule has 1 aromatic carbocycles. The van der Waals surface area contributed by atoms with Crippen molar-refractivity contribution in [2.75, 3.05) is 32.8 Å². The quantitative estimate of drug-likeness (QED) is 0.789. The number of nitrogens with zero attached hydrogens (tertiary/aromatic N) is 1. The largest absolute Gasteiger partial charge is 0.451 e. The maximum Gasteiger partial charge on any atom is 0.287 e. The lowest BCUT2D eigenvalue weighted by molar-refractivity contribution is -0.148. The van der Waals surface area contributed by atoms with Crippen molar-refractivity contribution in [3.05, 3.63) is 36.1 Å². The molecule has 2 aromatic rings. The van der Waals surface area contributed by atoms with E-state index in [0.29, 0.717) is 57.0 Å². The zero-order chi connectivity index (χ0) is 19.6. The molecule has 3 heterocycles. The first-order valence-corrected chi connectivity index (χ1v) is 9.98. The van der Waals surface area contributed by atoms with E-state index >= 15 is 0 Å². The smallest absolute Gasteiger partial charge is 0.287 e. The summed E-state index contributed by atoms with van der Waals surface area (Å²) in [6, 6.07) is 9.20. The summed E-state index contributed by atoms with van der Waals surface area (Å²) in [5, 5.41) is 3.93. The fourth-order valence-corrected chi connectivity index (χ4v) is 4.23. The number of furan rings is 1. The molecular weight excluding hydrogens is 394 g/mol. The van der Waals surface area contributed by atoms with Crippen LogP contribution in [0.25, 0.3) is 11.0 Å². The van der Waals surface area contributed by atoms with E-state index in [9.17, 15) is 9.59 Å². The van der Waals surface area contributed by atoms with Crippen LogP contribution in [0, 0.1) is 5.41 Å². The molecule has 2 fully saturated rings. The van der Waals surface area contributed by atoms with Crippen LogP contribution in [0.15, 0.2) is 34.7 Å². The summed E-state index contributed by atoms with van der Waals surface area (Å²) in [5.74, 6) is 0.156. The molecule has 0 saturated carbocycles. The third-order valence-electron chi connectivity index (χ3n) is 5.99. The zero-order valence-corrected chi connectivity index (χ0v) is 17.2. The van der Waals surface area contributed by atoms with Crippen molar-refractivity contribution in [3.8, 4) is 0 Å². The Balaban J connectivity index is 0.00000240. The minimum atomic E-state index is -0.525. The lowest BCUT2D eigenvalue weighted by atomic mass is 9.78. The highest BCUT2D eigenvalue weighted by atomic mass is 35.5. The molecule has 2 aliphatic rings. The number of carbonyl (C=O) groups excluding carboxylic acids is 2. The number of ether oxygens (including phenoxy) is 1. The van der Waals surface area contributed by atoms with Crippen molar-refractivity contribution in [3.63, 3.8) is 0 Å². The Morgan fingerprint density at radius 3 is 2.72 bits per heavy atom. The third kappa shape index (κ3) is 4.42. The molecular formula is C21H28ClN3O4. The Kier molecular flexibility index (Phi) is 6.82. The summed E-state index contributed by atoms with van der Waals surface area (Å²) < 4.78 is 11.1. The lowest BCUT2D eigenvalue weighted by Crippen LogP contribution is -2.56. The van der Waals surface area contributed by atoms with Crippen molar-refractivity contribution in [1.29, 1.82) is 0 Å². The van der Waals surface area contributed by atoms with Crippen molar-refractivity contribution in [1.82, 2.24) is 10.2 Å². The normalized spacial score (nSPS) is 21.4. The van der Waals surface area contributed by atoms with Gasteiger partial charge in [0.2, 0.25) is 5.91 Å². The predicted molar refractivity (Wildman–Crippen MR) is 112 cm³/mol.